The normalized spacial score (nSPS) is 14.7. The lowest BCUT2D eigenvalue weighted by molar-refractivity contribution is -0.137. The fraction of sp³-hybridized carbons (Fsp3) is 0.231. The van der Waals surface area contributed by atoms with Gasteiger partial charge in [-0.15, -0.1) is 0 Å². The number of carbonyl (C=O) groups is 2. The minimum absolute atomic E-state index is 0.0215. The molecule has 4 rings (SSSR count). The van der Waals surface area contributed by atoms with E-state index in [0.29, 0.717) is 34.6 Å². The number of benzene rings is 3. The molecule has 0 aliphatic carbocycles. The summed E-state index contributed by atoms with van der Waals surface area (Å²) in [5, 5.41) is 11.8. The van der Waals surface area contributed by atoms with E-state index in [1.165, 1.54) is 24.3 Å². The first-order valence-electron chi connectivity index (χ1n) is 11.3. The molecular formula is C26H20Cl2F3NO6. The van der Waals surface area contributed by atoms with Crippen LogP contribution in [-0.4, -0.2) is 30.3 Å². The molecule has 1 heterocycles. The number of fused-ring (bicyclic) bond motifs is 1. The van der Waals surface area contributed by atoms with Crippen LogP contribution >= 0.6 is 23.2 Å². The first-order chi connectivity index (χ1) is 18.0. The van der Waals surface area contributed by atoms with E-state index in [0.717, 1.165) is 12.1 Å². The molecule has 0 aromatic heterocycles. The van der Waals surface area contributed by atoms with E-state index in [9.17, 15) is 22.8 Å². The fourth-order valence-electron chi connectivity index (χ4n) is 3.82. The van der Waals surface area contributed by atoms with E-state index in [2.05, 4.69) is 5.32 Å². The molecule has 2 N–H and O–H groups in total. The molecule has 0 bridgehead atoms. The van der Waals surface area contributed by atoms with E-state index in [1.54, 1.807) is 18.2 Å². The van der Waals surface area contributed by atoms with E-state index in [-0.39, 0.29) is 41.3 Å². The van der Waals surface area contributed by atoms with Gasteiger partial charge in [0.2, 0.25) is 0 Å². The van der Waals surface area contributed by atoms with Crippen molar-refractivity contribution in [1.82, 2.24) is 5.32 Å². The van der Waals surface area contributed by atoms with Gasteiger partial charge in [-0.1, -0.05) is 29.3 Å². The van der Waals surface area contributed by atoms with Gasteiger partial charge in [-0.3, -0.25) is 4.79 Å². The van der Waals surface area contributed by atoms with Gasteiger partial charge in [-0.2, -0.15) is 13.2 Å². The van der Waals surface area contributed by atoms with Crippen LogP contribution in [0.3, 0.4) is 0 Å². The van der Waals surface area contributed by atoms with Crippen molar-refractivity contribution in [2.45, 2.75) is 25.1 Å². The van der Waals surface area contributed by atoms with Crippen LogP contribution < -0.4 is 14.8 Å². The molecule has 1 aliphatic rings. The maximum absolute atomic E-state index is 12.8. The van der Waals surface area contributed by atoms with Gasteiger partial charge >= 0.3 is 12.3 Å². The van der Waals surface area contributed by atoms with E-state index >= 15 is 0 Å². The average Bonchev–Trinajstić information content (AvgIpc) is 2.85. The Morgan fingerprint density at radius 3 is 2.45 bits per heavy atom. The standard InChI is InChI=1S/C26H20Cl2F3NO6/c27-19-11-16(26(29,30)31)4-1-14(19)7-9-32-24(33)15-2-5-17(6-3-15)37-23-13-22-18(12-20(23)28)21(8-10-36-22)38-25(34)35/h1-6,11-13,21H,7-10H2,(H,32,33)(H,34,35). The SMILES string of the molecule is O=C(O)OC1CCOc2cc(Oc3ccc(C(=O)NCCc4ccc(C(F)(F)F)cc4Cl)cc3)c(Cl)cc21. The Balaban J connectivity index is 1.35. The minimum atomic E-state index is -4.48. The Morgan fingerprint density at radius 2 is 1.79 bits per heavy atom. The van der Waals surface area contributed by atoms with Crippen molar-refractivity contribution in [3.05, 3.63) is 86.9 Å². The van der Waals surface area contributed by atoms with Gasteiger partial charge in [-0.25, -0.2) is 4.79 Å². The van der Waals surface area contributed by atoms with Crippen LogP contribution in [0.15, 0.2) is 54.6 Å². The number of alkyl halides is 3. The summed E-state index contributed by atoms with van der Waals surface area (Å²) < 4.78 is 54.6. The van der Waals surface area contributed by atoms with Crippen molar-refractivity contribution in [3.63, 3.8) is 0 Å². The first-order valence-corrected chi connectivity index (χ1v) is 12.0. The zero-order valence-corrected chi connectivity index (χ0v) is 21.0. The minimum Gasteiger partial charge on any atom is -0.493 e. The highest BCUT2D eigenvalue weighted by Gasteiger charge is 2.31. The van der Waals surface area contributed by atoms with E-state index in [4.69, 9.17) is 42.5 Å². The second-order valence-corrected chi connectivity index (χ2v) is 9.08. The maximum atomic E-state index is 12.8. The van der Waals surface area contributed by atoms with Gasteiger partial charge < -0.3 is 24.6 Å². The molecule has 0 spiro atoms. The zero-order valence-electron chi connectivity index (χ0n) is 19.5. The Labute approximate surface area is 225 Å². The lowest BCUT2D eigenvalue weighted by Gasteiger charge is -2.25. The number of rotatable bonds is 7. The number of carboxylic acid groups (broad SMARTS) is 1. The number of ether oxygens (including phenoxy) is 3. The number of carbonyl (C=O) groups excluding carboxylic acids is 1. The molecular weight excluding hydrogens is 550 g/mol. The van der Waals surface area contributed by atoms with E-state index < -0.39 is 24.0 Å². The molecule has 0 saturated heterocycles. The summed E-state index contributed by atoms with van der Waals surface area (Å²) in [4.78, 5) is 23.4. The largest absolute Gasteiger partial charge is 0.506 e. The van der Waals surface area contributed by atoms with Crippen molar-refractivity contribution in [2.24, 2.45) is 0 Å². The number of hydrogen-bond acceptors (Lipinski definition) is 5. The molecule has 200 valence electrons. The number of amides is 1. The van der Waals surface area contributed by atoms with Crippen molar-refractivity contribution in [2.75, 3.05) is 13.2 Å². The smallest absolute Gasteiger partial charge is 0.493 e. The summed E-state index contributed by atoms with van der Waals surface area (Å²) >= 11 is 12.3. The van der Waals surface area contributed by atoms with Crippen LogP contribution in [-0.2, 0) is 17.3 Å². The van der Waals surface area contributed by atoms with Crippen molar-refractivity contribution in [3.8, 4) is 17.2 Å². The van der Waals surface area contributed by atoms with Crippen LogP contribution in [0, 0.1) is 0 Å². The fourth-order valence-corrected chi connectivity index (χ4v) is 4.31. The van der Waals surface area contributed by atoms with E-state index in [1.807, 2.05) is 0 Å². The number of nitrogens with one attached hydrogen (secondary N) is 1. The molecule has 1 aliphatic heterocycles. The third-order valence-corrected chi connectivity index (χ3v) is 6.34. The monoisotopic (exact) mass is 569 g/mol. The number of halogens is 5. The highest BCUT2D eigenvalue weighted by molar-refractivity contribution is 6.32. The molecule has 3 aromatic rings. The molecule has 3 aromatic carbocycles. The van der Waals surface area contributed by atoms with Gasteiger partial charge in [0.1, 0.15) is 23.4 Å². The Kier molecular flexibility index (Phi) is 8.23. The topological polar surface area (TPSA) is 94.1 Å². The molecule has 0 radical (unpaired) electrons. The van der Waals surface area contributed by atoms with Crippen LogP contribution in [0.5, 0.6) is 17.2 Å². The Morgan fingerprint density at radius 1 is 1.05 bits per heavy atom. The van der Waals surface area contributed by atoms with Crippen LogP contribution in [0.2, 0.25) is 10.0 Å². The third kappa shape index (κ3) is 6.62. The molecule has 38 heavy (non-hydrogen) atoms. The summed E-state index contributed by atoms with van der Waals surface area (Å²) in [5.41, 5.74) is 0.485. The summed E-state index contributed by atoms with van der Waals surface area (Å²) in [6.45, 7) is 0.431. The van der Waals surface area contributed by atoms with Gasteiger partial charge in [0.15, 0.2) is 0 Å². The molecule has 1 unspecified atom stereocenters. The molecule has 1 amide bonds. The van der Waals surface area contributed by atoms with Crippen LogP contribution in [0.1, 0.15) is 39.6 Å². The highest BCUT2D eigenvalue weighted by atomic mass is 35.5. The zero-order chi connectivity index (χ0) is 27.4. The first kappa shape index (κ1) is 27.4. The lowest BCUT2D eigenvalue weighted by atomic mass is 10.0. The second kappa shape index (κ2) is 11.4. The third-order valence-electron chi connectivity index (χ3n) is 5.70. The summed E-state index contributed by atoms with van der Waals surface area (Å²) in [7, 11) is 0. The van der Waals surface area contributed by atoms with Crippen molar-refractivity contribution in [1.29, 1.82) is 0 Å². The molecule has 0 fully saturated rings. The molecule has 7 nitrogen and oxygen atoms in total. The molecule has 12 heteroatoms. The van der Waals surface area contributed by atoms with Crippen LogP contribution in [0.25, 0.3) is 0 Å². The second-order valence-electron chi connectivity index (χ2n) is 8.27. The lowest BCUT2D eigenvalue weighted by Crippen LogP contribution is -2.25. The Hall–Kier alpha value is -3.63. The van der Waals surface area contributed by atoms with Crippen molar-refractivity contribution >= 4 is 35.3 Å². The predicted octanol–water partition coefficient (Wildman–Crippen LogP) is 7.30. The summed E-state index contributed by atoms with van der Waals surface area (Å²) in [6.07, 6.45) is -5.97. The van der Waals surface area contributed by atoms with Gasteiger partial charge in [-0.05, 0) is 54.4 Å². The molecule has 0 saturated carbocycles. The summed E-state index contributed by atoms with van der Waals surface area (Å²) in [5.74, 6) is 0.663. The number of hydrogen-bond donors (Lipinski definition) is 2. The highest BCUT2D eigenvalue weighted by Crippen LogP contribution is 2.42. The van der Waals surface area contributed by atoms with Crippen molar-refractivity contribution < 1.29 is 42.1 Å². The molecule has 1 atom stereocenters. The maximum Gasteiger partial charge on any atom is 0.506 e. The van der Waals surface area contributed by atoms with Crippen LogP contribution in [0.4, 0.5) is 18.0 Å². The van der Waals surface area contributed by atoms with Gasteiger partial charge in [0.05, 0.1) is 17.2 Å². The Bertz CT molecular complexity index is 1350. The summed E-state index contributed by atoms with van der Waals surface area (Å²) in [6, 6.07) is 12.4. The average molecular weight is 570 g/mol. The predicted molar refractivity (Wildman–Crippen MR) is 132 cm³/mol. The van der Waals surface area contributed by atoms with Gasteiger partial charge in [0, 0.05) is 35.2 Å². The quantitative estimate of drug-likeness (QED) is 0.290. The van der Waals surface area contributed by atoms with Gasteiger partial charge in [0.25, 0.3) is 5.91 Å².